The van der Waals surface area contributed by atoms with Gasteiger partial charge in [0.25, 0.3) is 0 Å². The van der Waals surface area contributed by atoms with Crippen LogP contribution in [-0.2, 0) is 9.59 Å². The van der Waals surface area contributed by atoms with Gasteiger partial charge in [-0.25, -0.2) is 0 Å². The number of carbonyl (C=O) groups is 2. The molecule has 3 aromatic rings. The molecule has 5 heteroatoms. The van der Waals surface area contributed by atoms with Crippen molar-refractivity contribution in [3.05, 3.63) is 101 Å². The molecule has 38 heavy (non-hydrogen) atoms. The first-order valence-electron chi connectivity index (χ1n) is 13.6. The zero-order valence-corrected chi connectivity index (χ0v) is 22.5. The van der Waals surface area contributed by atoms with Gasteiger partial charge in [0.15, 0.2) is 5.78 Å². The van der Waals surface area contributed by atoms with Crippen LogP contribution in [-0.4, -0.2) is 18.8 Å². The average Bonchev–Trinajstić information content (AvgIpc) is 3.08. The molecule has 5 nitrogen and oxygen atoms in total. The number of amides is 1. The third-order valence-electron chi connectivity index (χ3n) is 7.73. The molecule has 1 amide bonds. The summed E-state index contributed by atoms with van der Waals surface area (Å²) in [7, 11) is 1.64. The first-order valence-corrected chi connectivity index (χ1v) is 13.6. The molecule has 2 atom stereocenters. The molecule has 1 heterocycles. The molecule has 1 N–H and O–H groups in total. The Morgan fingerprint density at radius 2 is 1.66 bits per heavy atom. The fourth-order valence-corrected chi connectivity index (χ4v) is 5.69. The number of fused-ring (bicyclic) bond motifs is 1. The number of rotatable bonds is 7. The Labute approximate surface area is 225 Å². The first kappa shape index (κ1) is 25.8. The fraction of sp³-hybridized carbons (Fsp3) is 0.333. The van der Waals surface area contributed by atoms with Gasteiger partial charge in [0.1, 0.15) is 5.75 Å². The van der Waals surface area contributed by atoms with E-state index in [-0.39, 0.29) is 17.6 Å². The van der Waals surface area contributed by atoms with Gasteiger partial charge in [-0.3, -0.25) is 14.5 Å². The van der Waals surface area contributed by atoms with Crippen LogP contribution in [0.25, 0.3) is 0 Å². The molecule has 3 aromatic carbocycles. The lowest BCUT2D eigenvalue weighted by molar-refractivity contribution is -0.119. The van der Waals surface area contributed by atoms with E-state index in [0.717, 1.165) is 47.6 Å². The molecular formula is C33H36N2O3. The molecular weight excluding hydrogens is 472 g/mol. The Kier molecular flexibility index (Phi) is 7.64. The Balaban J connectivity index is 1.65. The normalized spacial score (nSPS) is 18.8. The average molecular weight is 509 g/mol. The van der Waals surface area contributed by atoms with E-state index < -0.39 is 6.04 Å². The van der Waals surface area contributed by atoms with Crippen LogP contribution < -0.4 is 15.0 Å². The predicted molar refractivity (Wildman–Crippen MR) is 153 cm³/mol. The SMILES string of the molecule is CCCCCC(=O)N1c2ccccc2NC2=C(C(=O)C[C@@H](c3ccc(C)cc3)C2)[C@@H]1c1ccc(OC)cc1. The molecule has 0 spiro atoms. The second-order valence-electron chi connectivity index (χ2n) is 10.4. The standard InChI is InChI=1S/C33H36N2O3/c1-4-5-6-11-31(37)35-29-10-8-7-9-27(29)34-28-20-25(23-14-12-22(2)13-15-23)21-30(36)32(28)33(35)24-16-18-26(38-3)19-17-24/h7-10,12-19,25,33-34H,4-6,11,20-21H2,1-3H3/t25-,33-/m0/s1. The number of hydrogen-bond acceptors (Lipinski definition) is 4. The van der Waals surface area contributed by atoms with E-state index in [4.69, 9.17) is 4.74 Å². The van der Waals surface area contributed by atoms with Crippen molar-refractivity contribution in [2.75, 3.05) is 17.3 Å². The molecule has 1 aliphatic heterocycles. The third kappa shape index (κ3) is 5.10. The number of carbonyl (C=O) groups excluding carboxylic acids is 2. The summed E-state index contributed by atoms with van der Waals surface area (Å²) in [6, 6.07) is 23.7. The van der Waals surface area contributed by atoms with Gasteiger partial charge in [-0.1, -0.05) is 73.9 Å². The van der Waals surface area contributed by atoms with Crippen molar-refractivity contribution in [2.45, 2.75) is 64.3 Å². The van der Waals surface area contributed by atoms with Gasteiger partial charge in [0.2, 0.25) is 5.91 Å². The molecule has 0 saturated carbocycles. The summed E-state index contributed by atoms with van der Waals surface area (Å²) >= 11 is 0. The summed E-state index contributed by atoms with van der Waals surface area (Å²) < 4.78 is 5.40. The van der Waals surface area contributed by atoms with Crippen LogP contribution in [0.2, 0.25) is 0 Å². The van der Waals surface area contributed by atoms with Crippen molar-refractivity contribution >= 4 is 23.1 Å². The summed E-state index contributed by atoms with van der Waals surface area (Å²) in [5.74, 6) is 0.954. The Morgan fingerprint density at radius 3 is 2.37 bits per heavy atom. The molecule has 0 aromatic heterocycles. The lowest BCUT2D eigenvalue weighted by Crippen LogP contribution is -2.38. The minimum absolute atomic E-state index is 0.0377. The van der Waals surface area contributed by atoms with E-state index >= 15 is 0 Å². The number of nitrogens with one attached hydrogen (secondary N) is 1. The number of nitrogens with zero attached hydrogens (tertiary/aromatic N) is 1. The van der Waals surface area contributed by atoms with Gasteiger partial charge in [-0.15, -0.1) is 0 Å². The number of Topliss-reactive ketones (excluding diaryl/α,β-unsaturated/α-hetero) is 1. The van der Waals surface area contributed by atoms with Gasteiger partial charge in [-0.05, 0) is 61.1 Å². The Morgan fingerprint density at radius 1 is 0.947 bits per heavy atom. The van der Waals surface area contributed by atoms with Crippen molar-refractivity contribution in [3.8, 4) is 5.75 Å². The van der Waals surface area contributed by atoms with Gasteiger partial charge < -0.3 is 10.1 Å². The number of aryl methyl sites for hydroxylation is 1. The minimum Gasteiger partial charge on any atom is -0.497 e. The largest absolute Gasteiger partial charge is 0.497 e. The zero-order chi connectivity index (χ0) is 26.6. The predicted octanol–water partition coefficient (Wildman–Crippen LogP) is 7.48. The van der Waals surface area contributed by atoms with Crippen LogP contribution in [0.3, 0.4) is 0 Å². The second kappa shape index (κ2) is 11.3. The maximum absolute atomic E-state index is 14.1. The number of ketones is 1. The second-order valence-corrected chi connectivity index (χ2v) is 10.4. The van der Waals surface area contributed by atoms with Crippen LogP contribution >= 0.6 is 0 Å². The number of benzene rings is 3. The summed E-state index contributed by atoms with van der Waals surface area (Å²) in [4.78, 5) is 29.9. The number of methoxy groups -OCH3 is 1. The van der Waals surface area contributed by atoms with Crippen molar-refractivity contribution in [2.24, 2.45) is 0 Å². The number of anilines is 2. The third-order valence-corrected chi connectivity index (χ3v) is 7.73. The van der Waals surface area contributed by atoms with Crippen molar-refractivity contribution < 1.29 is 14.3 Å². The molecule has 0 fully saturated rings. The number of allylic oxidation sites excluding steroid dienone is 1. The lowest BCUT2D eigenvalue weighted by Gasteiger charge is -2.35. The molecule has 1 aliphatic carbocycles. The zero-order valence-electron chi connectivity index (χ0n) is 22.5. The topological polar surface area (TPSA) is 58.6 Å². The van der Waals surface area contributed by atoms with E-state index in [1.807, 2.05) is 53.4 Å². The van der Waals surface area contributed by atoms with Crippen LogP contribution in [0.5, 0.6) is 5.75 Å². The van der Waals surface area contributed by atoms with Crippen molar-refractivity contribution in [1.82, 2.24) is 0 Å². The van der Waals surface area contributed by atoms with Crippen LogP contribution in [0.4, 0.5) is 11.4 Å². The highest BCUT2D eigenvalue weighted by molar-refractivity contribution is 6.06. The fourth-order valence-electron chi connectivity index (χ4n) is 5.69. The maximum Gasteiger partial charge on any atom is 0.227 e. The highest BCUT2D eigenvalue weighted by Gasteiger charge is 2.41. The number of para-hydroxylation sites is 2. The van der Waals surface area contributed by atoms with Crippen LogP contribution in [0.1, 0.15) is 74.1 Å². The molecule has 0 saturated heterocycles. The quantitative estimate of drug-likeness (QED) is 0.336. The van der Waals surface area contributed by atoms with E-state index in [0.29, 0.717) is 24.8 Å². The molecule has 5 rings (SSSR count). The van der Waals surface area contributed by atoms with Crippen molar-refractivity contribution in [3.63, 3.8) is 0 Å². The monoisotopic (exact) mass is 508 g/mol. The van der Waals surface area contributed by atoms with Crippen molar-refractivity contribution in [1.29, 1.82) is 0 Å². The number of unbranched alkanes of at least 4 members (excludes halogenated alkanes) is 2. The molecule has 0 unspecified atom stereocenters. The van der Waals surface area contributed by atoms with Gasteiger partial charge >= 0.3 is 0 Å². The summed E-state index contributed by atoms with van der Waals surface area (Å²) in [6.45, 7) is 4.21. The molecule has 0 radical (unpaired) electrons. The maximum atomic E-state index is 14.1. The van der Waals surface area contributed by atoms with Crippen LogP contribution in [0.15, 0.2) is 84.1 Å². The highest BCUT2D eigenvalue weighted by atomic mass is 16.5. The molecule has 196 valence electrons. The van der Waals surface area contributed by atoms with E-state index in [2.05, 4.69) is 43.4 Å². The lowest BCUT2D eigenvalue weighted by atomic mass is 9.78. The Hall–Kier alpha value is -3.86. The summed E-state index contributed by atoms with van der Waals surface area (Å²) in [5.41, 5.74) is 6.55. The van der Waals surface area contributed by atoms with E-state index in [1.54, 1.807) is 7.11 Å². The van der Waals surface area contributed by atoms with Gasteiger partial charge in [-0.2, -0.15) is 0 Å². The summed E-state index contributed by atoms with van der Waals surface area (Å²) in [5, 5.41) is 3.62. The van der Waals surface area contributed by atoms with Crippen LogP contribution in [0, 0.1) is 6.92 Å². The van der Waals surface area contributed by atoms with E-state index in [1.165, 1.54) is 11.1 Å². The smallest absolute Gasteiger partial charge is 0.227 e. The number of hydrogen-bond donors (Lipinski definition) is 1. The van der Waals surface area contributed by atoms with Gasteiger partial charge in [0.05, 0.1) is 24.5 Å². The van der Waals surface area contributed by atoms with E-state index in [9.17, 15) is 9.59 Å². The van der Waals surface area contributed by atoms with Gasteiger partial charge in [0, 0.05) is 24.1 Å². The molecule has 0 bridgehead atoms. The number of ether oxygens (including phenoxy) is 1. The minimum atomic E-state index is -0.507. The molecule has 2 aliphatic rings. The highest BCUT2D eigenvalue weighted by Crippen LogP contribution is 2.47. The Bertz CT molecular complexity index is 1340. The summed E-state index contributed by atoms with van der Waals surface area (Å²) in [6.07, 6.45) is 4.44. The first-order chi connectivity index (χ1) is 18.5.